The van der Waals surface area contributed by atoms with E-state index in [0.717, 1.165) is 43.8 Å². The molecule has 0 bridgehead atoms. The summed E-state index contributed by atoms with van der Waals surface area (Å²) in [5, 5.41) is 0. The minimum absolute atomic E-state index is 0.0205. The van der Waals surface area contributed by atoms with Crippen molar-refractivity contribution in [3.05, 3.63) is 70.1 Å². The van der Waals surface area contributed by atoms with Crippen LogP contribution < -0.4 is 10.5 Å². The Morgan fingerprint density at radius 1 is 0.926 bits per heavy atom. The fraction of sp³-hybridized carbons (Fsp3) is 0.364. The maximum absolute atomic E-state index is 12.6. The topological polar surface area (TPSA) is 41.4 Å². The Labute approximate surface area is 159 Å². The van der Waals surface area contributed by atoms with Gasteiger partial charge in [-0.25, -0.2) is 4.98 Å². The van der Waals surface area contributed by atoms with Crippen molar-refractivity contribution in [1.82, 2.24) is 14.5 Å². The number of para-hydroxylation sites is 2. The molecule has 0 aliphatic carbocycles. The SMILES string of the molecule is Cc1cccc(N2CCN(CCn3c(=O)c(C)nc4ccccc43)CC2)c1. The minimum Gasteiger partial charge on any atom is -0.369 e. The molecule has 0 N–H and O–H groups in total. The van der Waals surface area contributed by atoms with Gasteiger partial charge in [-0.1, -0.05) is 24.3 Å². The molecule has 1 aliphatic rings. The van der Waals surface area contributed by atoms with E-state index < -0.39 is 0 Å². The standard InChI is InChI=1S/C22H26N4O/c1-17-6-5-7-19(16-17)25-13-10-24(11-14-25)12-15-26-21-9-4-3-8-20(21)23-18(2)22(26)27/h3-9,16H,10-15H2,1-2H3. The number of benzene rings is 2. The van der Waals surface area contributed by atoms with E-state index in [1.54, 1.807) is 6.92 Å². The molecule has 3 aromatic rings. The number of aromatic nitrogens is 2. The first-order valence-corrected chi connectivity index (χ1v) is 9.62. The van der Waals surface area contributed by atoms with Crippen molar-refractivity contribution in [2.45, 2.75) is 20.4 Å². The van der Waals surface area contributed by atoms with Crippen LogP contribution >= 0.6 is 0 Å². The summed E-state index contributed by atoms with van der Waals surface area (Å²) in [5.41, 5.74) is 5.01. The lowest BCUT2D eigenvalue weighted by molar-refractivity contribution is 0.248. The predicted octanol–water partition coefficient (Wildman–Crippen LogP) is 2.84. The molecule has 0 saturated carbocycles. The molecule has 1 aliphatic heterocycles. The van der Waals surface area contributed by atoms with Gasteiger partial charge < -0.3 is 9.47 Å². The molecule has 4 rings (SSSR count). The van der Waals surface area contributed by atoms with Crippen LogP contribution in [0.3, 0.4) is 0 Å². The molecule has 5 nitrogen and oxygen atoms in total. The lowest BCUT2D eigenvalue weighted by Gasteiger charge is -2.36. The molecule has 2 aromatic carbocycles. The maximum Gasteiger partial charge on any atom is 0.272 e. The number of anilines is 1. The number of nitrogens with zero attached hydrogens (tertiary/aromatic N) is 4. The van der Waals surface area contributed by atoms with Crippen LogP contribution in [-0.4, -0.2) is 47.2 Å². The van der Waals surface area contributed by atoms with Gasteiger partial charge in [-0.05, 0) is 43.7 Å². The second-order valence-corrected chi connectivity index (χ2v) is 7.31. The fourth-order valence-electron chi connectivity index (χ4n) is 3.84. The van der Waals surface area contributed by atoms with Crippen molar-refractivity contribution in [2.75, 3.05) is 37.6 Å². The Kier molecular flexibility index (Phi) is 4.94. The van der Waals surface area contributed by atoms with Gasteiger partial charge in [-0.2, -0.15) is 0 Å². The lowest BCUT2D eigenvalue weighted by atomic mass is 10.2. The Morgan fingerprint density at radius 3 is 2.48 bits per heavy atom. The van der Waals surface area contributed by atoms with Crippen molar-refractivity contribution in [1.29, 1.82) is 0 Å². The first-order chi connectivity index (χ1) is 13.1. The average Bonchev–Trinajstić information content (AvgIpc) is 2.69. The zero-order chi connectivity index (χ0) is 18.8. The molecule has 2 heterocycles. The molecule has 0 spiro atoms. The number of piperazine rings is 1. The van der Waals surface area contributed by atoms with Crippen molar-refractivity contribution >= 4 is 16.7 Å². The highest BCUT2D eigenvalue weighted by molar-refractivity contribution is 5.74. The highest BCUT2D eigenvalue weighted by Gasteiger charge is 2.18. The van der Waals surface area contributed by atoms with E-state index >= 15 is 0 Å². The molecule has 1 aromatic heterocycles. The van der Waals surface area contributed by atoms with Crippen molar-refractivity contribution in [3.8, 4) is 0 Å². The molecule has 0 radical (unpaired) electrons. The van der Waals surface area contributed by atoms with E-state index in [1.807, 2.05) is 28.8 Å². The summed E-state index contributed by atoms with van der Waals surface area (Å²) in [6, 6.07) is 16.6. The average molecular weight is 362 g/mol. The summed E-state index contributed by atoms with van der Waals surface area (Å²) >= 11 is 0. The van der Waals surface area contributed by atoms with Gasteiger partial charge in [0.2, 0.25) is 0 Å². The summed E-state index contributed by atoms with van der Waals surface area (Å²) in [6.45, 7) is 9.60. The van der Waals surface area contributed by atoms with Crippen LogP contribution in [0.5, 0.6) is 0 Å². The predicted molar refractivity (Wildman–Crippen MR) is 111 cm³/mol. The maximum atomic E-state index is 12.6. The molecule has 27 heavy (non-hydrogen) atoms. The van der Waals surface area contributed by atoms with Gasteiger partial charge in [0.1, 0.15) is 5.69 Å². The van der Waals surface area contributed by atoms with Crippen molar-refractivity contribution in [2.24, 2.45) is 0 Å². The Bertz CT molecular complexity index is 1000. The van der Waals surface area contributed by atoms with Crippen LogP contribution in [0.25, 0.3) is 11.0 Å². The second-order valence-electron chi connectivity index (χ2n) is 7.31. The number of aryl methyl sites for hydroxylation is 2. The van der Waals surface area contributed by atoms with Crippen molar-refractivity contribution < 1.29 is 0 Å². The first-order valence-electron chi connectivity index (χ1n) is 9.62. The van der Waals surface area contributed by atoms with E-state index in [9.17, 15) is 4.79 Å². The molecule has 0 unspecified atom stereocenters. The Morgan fingerprint density at radius 2 is 1.70 bits per heavy atom. The van der Waals surface area contributed by atoms with Crippen LogP contribution in [-0.2, 0) is 6.54 Å². The summed E-state index contributed by atoms with van der Waals surface area (Å²) in [5.74, 6) is 0. The van der Waals surface area contributed by atoms with Crippen LogP contribution in [0.15, 0.2) is 53.3 Å². The second kappa shape index (κ2) is 7.53. The fourth-order valence-corrected chi connectivity index (χ4v) is 3.84. The van der Waals surface area contributed by atoms with Gasteiger partial charge in [0.05, 0.1) is 11.0 Å². The molecule has 0 amide bonds. The van der Waals surface area contributed by atoms with Crippen molar-refractivity contribution in [3.63, 3.8) is 0 Å². The molecule has 5 heteroatoms. The molecular formula is C22H26N4O. The third kappa shape index (κ3) is 3.74. The molecule has 1 fully saturated rings. The van der Waals surface area contributed by atoms with Crippen LogP contribution in [0.2, 0.25) is 0 Å². The third-order valence-electron chi connectivity index (χ3n) is 5.39. The number of hydrogen-bond donors (Lipinski definition) is 0. The zero-order valence-electron chi connectivity index (χ0n) is 16.1. The monoisotopic (exact) mass is 362 g/mol. The van der Waals surface area contributed by atoms with Gasteiger partial charge in [-0.3, -0.25) is 9.69 Å². The summed E-state index contributed by atoms with van der Waals surface area (Å²) in [7, 11) is 0. The van der Waals surface area contributed by atoms with Crippen LogP contribution in [0.1, 0.15) is 11.3 Å². The molecular weight excluding hydrogens is 336 g/mol. The van der Waals surface area contributed by atoms with E-state index in [1.165, 1.54) is 11.3 Å². The van der Waals surface area contributed by atoms with Crippen LogP contribution in [0.4, 0.5) is 5.69 Å². The number of rotatable bonds is 4. The van der Waals surface area contributed by atoms with Gasteiger partial charge >= 0.3 is 0 Å². The third-order valence-corrected chi connectivity index (χ3v) is 5.39. The Balaban J connectivity index is 1.43. The highest BCUT2D eigenvalue weighted by atomic mass is 16.1. The summed E-state index contributed by atoms with van der Waals surface area (Å²) < 4.78 is 1.88. The molecule has 140 valence electrons. The van der Waals surface area contributed by atoms with E-state index in [-0.39, 0.29) is 5.56 Å². The van der Waals surface area contributed by atoms with Gasteiger partial charge in [0.15, 0.2) is 0 Å². The first kappa shape index (κ1) is 17.7. The molecule has 0 atom stereocenters. The number of fused-ring (bicyclic) bond motifs is 1. The van der Waals surface area contributed by atoms with Gasteiger partial charge in [-0.15, -0.1) is 0 Å². The van der Waals surface area contributed by atoms with E-state index in [2.05, 4.69) is 46.0 Å². The largest absolute Gasteiger partial charge is 0.369 e. The smallest absolute Gasteiger partial charge is 0.272 e. The minimum atomic E-state index is 0.0205. The molecule has 1 saturated heterocycles. The number of hydrogen-bond acceptors (Lipinski definition) is 4. The lowest BCUT2D eigenvalue weighted by Crippen LogP contribution is -2.47. The Hall–Kier alpha value is -2.66. The van der Waals surface area contributed by atoms with E-state index in [0.29, 0.717) is 12.2 Å². The normalized spacial score (nSPS) is 15.4. The van der Waals surface area contributed by atoms with Gasteiger partial charge in [0, 0.05) is 45.0 Å². The van der Waals surface area contributed by atoms with Crippen LogP contribution in [0, 0.1) is 13.8 Å². The zero-order valence-corrected chi connectivity index (χ0v) is 16.1. The van der Waals surface area contributed by atoms with Gasteiger partial charge in [0.25, 0.3) is 5.56 Å². The highest BCUT2D eigenvalue weighted by Crippen LogP contribution is 2.18. The quantitative estimate of drug-likeness (QED) is 0.716. The summed E-state index contributed by atoms with van der Waals surface area (Å²) in [4.78, 5) is 21.9. The van der Waals surface area contributed by atoms with E-state index in [4.69, 9.17) is 0 Å². The summed E-state index contributed by atoms with van der Waals surface area (Å²) in [6.07, 6.45) is 0.